The van der Waals surface area contributed by atoms with Crippen molar-refractivity contribution < 1.29 is 27.1 Å². The van der Waals surface area contributed by atoms with Gasteiger partial charge in [-0.25, -0.2) is 22.3 Å². The van der Waals surface area contributed by atoms with E-state index in [-0.39, 0.29) is 23.7 Å². The third-order valence-electron chi connectivity index (χ3n) is 3.72. The number of halogens is 2. The molecule has 0 saturated heterocycles. The van der Waals surface area contributed by atoms with E-state index in [4.69, 9.17) is 21.1 Å². The fourth-order valence-corrected chi connectivity index (χ4v) is 3.71. The molecule has 6 nitrogen and oxygen atoms in total. The van der Waals surface area contributed by atoms with Crippen LogP contribution in [0.1, 0.15) is 28.9 Å². The molecule has 0 heterocycles. The predicted molar refractivity (Wildman–Crippen MR) is 98.7 cm³/mol. The minimum atomic E-state index is -4.26. The van der Waals surface area contributed by atoms with Crippen LogP contribution in [0.15, 0.2) is 47.4 Å². The lowest BCUT2D eigenvalue weighted by Gasteiger charge is -2.17. The Balaban J connectivity index is 2.28. The quantitative estimate of drug-likeness (QED) is 0.669. The number of carbonyl (C=O) groups excluding carboxylic acids is 1. The highest BCUT2D eigenvalue weighted by Gasteiger charge is 2.25. The molecule has 0 saturated carbocycles. The van der Waals surface area contributed by atoms with Gasteiger partial charge in [0, 0.05) is 13.7 Å². The van der Waals surface area contributed by atoms with Gasteiger partial charge >= 0.3 is 5.97 Å². The molecular formula is C18H19ClFNO5S. The van der Waals surface area contributed by atoms with Crippen LogP contribution in [0, 0.1) is 5.82 Å². The molecular weight excluding hydrogens is 397 g/mol. The Morgan fingerprint density at radius 3 is 2.52 bits per heavy atom. The van der Waals surface area contributed by atoms with Crippen molar-refractivity contribution in [2.24, 2.45) is 0 Å². The Morgan fingerprint density at radius 2 is 1.93 bits per heavy atom. The van der Waals surface area contributed by atoms with E-state index in [1.54, 1.807) is 31.2 Å². The second-order valence-corrected chi connectivity index (χ2v) is 7.61. The van der Waals surface area contributed by atoms with Crippen molar-refractivity contribution in [1.29, 1.82) is 0 Å². The van der Waals surface area contributed by atoms with Crippen LogP contribution in [0.25, 0.3) is 0 Å². The molecule has 0 aliphatic heterocycles. The summed E-state index contributed by atoms with van der Waals surface area (Å²) in [6.07, 6.45) is -0.569. The van der Waals surface area contributed by atoms with Gasteiger partial charge in [-0.1, -0.05) is 41.9 Å². The van der Waals surface area contributed by atoms with E-state index in [0.29, 0.717) is 0 Å². The topological polar surface area (TPSA) is 81.7 Å². The van der Waals surface area contributed by atoms with Gasteiger partial charge in [-0.2, -0.15) is 0 Å². The molecule has 1 N–H and O–H groups in total. The summed E-state index contributed by atoms with van der Waals surface area (Å²) in [6, 6.07) is 10.6. The molecule has 0 bridgehead atoms. The molecule has 2 rings (SSSR count). The summed E-state index contributed by atoms with van der Waals surface area (Å²) in [5.74, 6) is -1.91. The Morgan fingerprint density at radius 1 is 1.26 bits per heavy atom. The first-order valence-corrected chi connectivity index (χ1v) is 9.89. The third kappa shape index (κ3) is 5.26. The van der Waals surface area contributed by atoms with Gasteiger partial charge in [0.15, 0.2) is 0 Å². The minimum absolute atomic E-state index is 0.0689. The van der Waals surface area contributed by atoms with E-state index in [2.05, 4.69) is 4.72 Å². The summed E-state index contributed by atoms with van der Waals surface area (Å²) < 4.78 is 51.7. The molecule has 0 spiro atoms. The maximum Gasteiger partial charge on any atom is 0.339 e. The van der Waals surface area contributed by atoms with E-state index in [1.165, 1.54) is 7.11 Å². The second-order valence-electron chi connectivity index (χ2n) is 5.47. The fraction of sp³-hybridized carbons (Fsp3) is 0.278. The normalized spacial score (nSPS) is 12.6. The molecule has 146 valence electrons. The molecule has 27 heavy (non-hydrogen) atoms. The standard InChI is InChI=1S/C18H19ClFNO5S/c1-3-26-18(22)13-9-17(15(20)10-14(13)19)27(23,24)21-11-16(25-2)12-7-5-4-6-8-12/h4-10,16,21H,3,11H2,1-2H3/t16-/m1/s1. The number of hydrogen-bond acceptors (Lipinski definition) is 5. The number of esters is 1. The number of rotatable bonds is 8. The molecule has 0 radical (unpaired) electrons. The molecule has 0 amide bonds. The lowest BCUT2D eigenvalue weighted by atomic mass is 10.1. The van der Waals surface area contributed by atoms with Crippen LogP contribution in [0.3, 0.4) is 0 Å². The minimum Gasteiger partial charge on any atom is -0.462 e. The summed E-state index contributed by atoms with van der Waals surface area (Å²) in [4.78, 5) is 11.2. The molecule has 0 aliphatic carbocycles. The molecule has 2 aromatic carbocycles. The van der Waals surface area contributed by atoms with Gasteiger partial charge in [0.1, 0.15) is 10.7 Å². The molecule has 9 heteroatoms. The van der Waals surface area contributed by atoms with Crippen LogP contribution in [0.2, 0.25) is 5.02 Å². The molecule has 2 aromatic rings. The monoisotopic (exact) mass is 415 g/mol. The summed E-state index contributed by atoms with van der Waals surface area (Å²) >= 11 is 5.84. The number of carbonyl (C=O) groups is 1. The number of nitrogens with one attached hydrogen (secondary N) is 1. The highest BCUT2D eigenvalue weighted by Crippen LogP contribution is 2.25. The molecule has 0 aliphatic rings. The first-order valence-electron chi connectivity index (χ1n) is 8.03. The zero-order valence-electron chi connectivity index (χ0n) is 14.7. The number of methoxy groups -OCH3 is 1. The molecule has 0 fully saturated rings. The van der Waals surface area contributed by atoms with Crippen molar-refractivity contribution in [3.8, 4) is 0 Å². The van der Waals surface area contributed by atoms with E-state index >= 15 is 0 Å². The van der Waals surface area contributed by atoms with Crippen molar-refractivity contribution in [1.82, 2.24) is 4.72 Å². The van der Waals surface area contributed by atoms with Crippen molar-refractivity contribution in [2.75, 3.05) is 20.3 Å². The SMILES string of the molecule is CCOC(=O)c1cc(S(=O)(=O)NC[C@@H](OC)c2ccccc2)c(F)cc1Cl. The van der Waals surface area contributed by atoms with E-state index in [9.17, 15) is 17.6 Å². The smallest absolute Gasteiger partial charge is 0.339 e. The molecule has 1 atom stereocenters. The number of ether oxygens (including phenoxy) is 2. The van der Waals surface area contributed by atoms with Gasteiger partial charge in [0.2, 0.25) is 10.0 Å². The first kappa shape index (κ1) is 21.3. The van der Waals surface area contributed by atoms with Crippen molar-refractivity contribution >= 4 is 27.6 Å². The van der Waals surface area contributed by atoms with E-state index in [1.807, 2.05) is 6.07 Å². The highest BCUT2D eigenvalue weighted by atomic mass is 35.5. The average Bonchev–Trinajstić information content (AvgIpc) is 2.63. The lowest BCUT2D eigenvalue weighted by molar-refractivity contribution is 0.0526. The second kappa shape index (κ2) is 9.27. The summed E-state index contributed by atoms with van der Waals surface area (Å²) in [5, 5.41) is -0.232. The molecule has 0 unspecified atom stereocenters. The van der Waals surface area contributed by atoms with Crippen molar-refractivity contribution in [2.45, 2.75) is 17.9 Å². The van der Waals surface area contributed by atoms with E-state index < -0.39 is 32.8 Å². The summed E-state index contributed by atoms with van der Waals surface area (Å²) in [5.41, 5.74) is 0.526. The van der Waals surface area contributed by atoms with Crippen LogP contribution >= 0.6 is 11.6 Å². The van der Waals surface area contributed by atoms with Gasteiger partial charge in [-0.3, -0.25) is 0 Å². The highest BCUT2D eigenvalue weighted by molar-refractivity contribution is 7.89. The zero-order valence-corrected chi connectivity index (χ0v) is 16.3. The van der Waals surface area contributed by atoms with Gasteiger partial charge in [0.05, 0.1) is 23.3 Å². The Hall–Kier alpha value is -2.00. The predicted octanol–water partition coefficient (Wildman–Crippen LogP) is 3.32. The third-order valence-corrected chi connectivity index (χ3v) is 5.47. The largest absolute Gasteiger partial charge is 0.462 e. The Bertz CT molecular complexity index is 905. The molecule has 0 aromatic heterocycles. The first-order chi connectivity index (χ1) is 12.8. The van der Waals surface area contributed by atoms with Crippen LogP contribution in [0.5, 0.6) is 0 Å². The van der Waals surface area contributed by atoms with E-state index in [0.717, 1.165) is 17.7 Å². The van der Waals surface area contributed by atoms with Crippen LogP contribution in [-0.2, 0) is 19.5 Å². The van der Waals surface area contributed by atoms with Crippen LogP contribution < -0.4 is 4.72 Å². The Labute approximate surface area is 162 Å². The fourth-order valence-electron chi connectivity index (χ4n) is 2.37. The lowest BCUT2D eigenvalue weighted by Crippen LogP contribution is -2.30. The van der Waals surface area contributed by atoms with Gasteiger partial charge in [0.25, 0.3) is 0 Å². The van der Waals surface area contributed by atoms with Gasteiger partial charge in [-0.05, 0) is 24.6 Å². The number of hydrogen-bond donors (Lipinski definition) is 1. The van der Waals surface area contributed by atoms with Crippen LogP contribution in [0.4, 0.5) is 4.39 Å². The van der Waals surface area contributed by atoms with Gasteiger partial charge < -0.3 is 9.47 Å². The number of sulfonamides is 1. The van der Waals surface area contributed by atoms with Gasteiger partial charge in [-0.15, -0.1) is 0 Å². The number of benzene rings is 2. The zero-order chi connectivity index (χ0) is 20.0. The van der Waals surface area contributed by atoms with Crippen molar-refractivity contribution in [3.05, 3.63) is 64.4 Å². The van der Waals surface area contributed by atoms with Crippen molar-refractivity contribution in [3.63, 3.8) is 0 Å². The Kier molecular flexibility index (Phi) is 7.32. The summed E-state index contributed by atoms with van der Waals surface area (Å²) in [7, 11) is -2.83. The van der Waals surface area contributed by atoms with Crippen LogP contribution in [-0.4, -0.2) is 34.6 Å². The summed E-state index contributed by atoms with van der Waals surface area (Å²) in [6.45, 7) is 1.53. The maximum absolute atomic E-state index is 14.2. The maximum atomic E-state index is 14.2. The average molecular weight is 416 g/mol.